The second-order valence-electron chi connectivity index (χ2n) is 7.01. The van der Waals surface area contributed by atoms with E-state index in [4.69, 9.17) is 11.6 Å². The van der Waals surface area contributed by atoms with Gasteiger partial charge in [-0.2, -0.15) is 0 Å². The van der Waals surface area contributed by atoms with Gasteiger partial charge in [0, 0.05) is 47.6 Å². The molecule has 4 rings (SSSR count). The summed E-state index contributed by atoms with van der Waals surface area (Å²) in [6.45, 7) is 1.32. The summed E-state index contributed by atoms with van der Waals surface area (Å²) >= 11 is 7.48. The number of nitrogens with zero attached hydrogens (tertiary/aromatic N) is 2. The Labute approximate surface area is 178 Å². The van der Waals surface area contributed by atoms with Crippen molar-refractivity contribution in [1.82, 2.24) is 9.88 Å². The molecule has 1 aromatic heterocycles. The lowest BCUT2D eigenvalue weighted by Gasteiger charge is -2.15. The highest BCUT2D eigenvalue weighted by molar-refractivity contribution is 7.15. The third-order valence-corrected chi connectivity index (χ3v) is 5.92. The summed E-state index contributed by atoms with van der Waals surface area (Å²) < 4.78 is 0. The van der Waals surface area contributed by atoms with Crippen LogP contribution >= 0.6 is 22.9 Å². The van der Waals surface area contributed by atoms with Crippen LogP contribution in [0.4, 0.5) is 5.13 Å². The standard InChI is InChI=1S/C22H20ClN3O2S/c23-18-7-2-4-15(11-18)12-19-13-24-22(29-19)25-21(28)17-6-1-5-16(10-17)14-26-9-3-8-20(26)27/h1-2,4-7,10-11,13H,3,8-9,12,14H2,(H,24,25,28). The Kier molecular flexibility index (Phi) is 5.92. The number of halogens is 1. The van der Waals surface area contributed by atoms with Crippen LogP contribution in [0.15, 0.2) is 54.7 Å². The zero-order chi connectivity index (χ0) is 20.2. The molecule has 0 radical (unpaired) electrons. The molecule has 0 bridgehead atoms. The number of amides is 2. The Morgan fingerprint density at radius 2 is 2.00 bits per heavy atom. The average Bonchev–Trinajstić information content (AvgIpc) is 3.31. The number of likely N-dealkylation sites (tertiary alicyclic amines) is 1. The van der Waals surface area contributed by atoms with Crippen molar-refractivity contribution in [3.05, 3.63) is 81.3 Å². The maximum atomic E-state index is 12.6. The fourth-order valence-corrected chi connectivity index (χ4v) is 4.42. The van der Waals surface area contributed by atoms with E-state index in [1.807, 2.05) is 47.4 Å². The number of hydrogen-bond donors (Lipinski definition) is 1. The molecule has 2 amide bonds. The van der Waals surface area contributed by atoms with Crippen molar-refractivity contribution in [2.24, 2.45) is 0 Å². The van der Waals surface area contributed by atoms with Crippen LogP contribution in [-0.4, -0.2) is 28.2 Å². The summed E-state index contributed by atoms with van der Waals surface area (Å²) in [4.78, 5) is 31.7. The van der Waals surface area contributed by atoms with Crippen LogP contribution in [0.1, 0.15) is 39.2 Å². The van der Waals surface area contributed by atoms with Crippen molar-refractivity contribution in [2.45, 2.75) is 25.8 Å². The van der Waals surface area contributed by atoms with E-state index >= 15 is 0 Å². The molecule has 1 N–H and O–H groups in total. The number of thiazole rings is 1. The van der Waals surface area contributed by atoms with E-state index in [0.717, 1.165) is 29.0 Å². The van der Waals surface area contributed by atoms with Crippen molar-refractivity contribution in [1.29, 1.82) is 0 Å². The smallest absolute Gasteiger partial charge is 0.257 e. The number of nitrogens with one attached hydrogen (secondary N) is 1. The van der Waals surface area contributed by atoms with Gasteiger partial charge in [-0.15, -0.1) is 11.3 Å². The normalized spacial score (nSPS) is 13.7. The maximum absolute atomic E-state index is 12.6. The van der Waals surface area contributed by atoms with Gasteiger partial charge in [0.15, 0.2) is 5.13 Å². The van der Waals surface area contributed by atoms with Gasteiger partial charge in [-0.1, -0.05) is 35.9 Å². The van der Waals surface area contributed by atoms with Crippen LogP contribution in [0.25, 0.3) is 0 Å². The van der Waals surface area contributed by atoms with Gasteiger partial charge in [0.2, 0.25) is 5.91 Å². The summed E-state index contributed by atoms with van der Waals surface area (Å²) in [5.74, 6) is -0.0295. The Morgan fingerprint density at radius 3 is 2.79 bits per heavy atom. The molecule has 1 aliphatic rings. The summed E-state index contributed by atoms with van der Waals surface area (Å²) in [6.07, 6.45) is 4.01. The molecule has 3 aromatic rings. The highest BCUT2D eigenvalue weighted by Gasteiger charge is 2.20. The van der Waals surface area contributed by atoms with Crippen LogP contribution in [0.5, 0.6) is 0 Å². The number of aromatic nitrogens is 1. The first-order valence-corrected chi connectivity index (χ1v) is 10.6. The molecule has 0 saturated carbocycles. The van der Waals surface area contributed by atoms with Crippen LogP contribution in [0, 0.1) is 0 Å². The van der Waals surface area contributed by atoms with Gasteiger partial charge in [-0.3, -0.25) is 14.9 Å². The minimum Gasteiger partial charge on any atom is -0.338 e. The highest BCUT2D eigenvalue weighted by Crippen LogP contribution is 2.23. The first-order chi connectivity index (χ1) is 14.1. The molecule has 7 heteroatoms. The molecule has 1 aliphatic heterocycles. The Balaban J connectivity index is 1.40. The molecule has 29 heavy (non-hydrogen) atoms. The number of benzene rings is 2. The van der Waals surface area contributed by atoms with E-state index in [2.05, 4.69) is 10.3 Å². The zero-order valence-electron chi connectivity index (χ0n) is 15.7. The average molecular weight is 426 g/mol. The minimum atomic E-state index is -0.205. The van der Waals surface area contributed by atoms with Crippen LogP contribution in [0.3, 0.4) is 0 Å². The monoisotopic (exact) mass is 425 g/mol. The second-order valence-corrected chi connectivity index (χ2v) is 8.56. The van der Waals surface area contributed by atoms with Gasteiger partial charge in [0.05, 0.1) is 0 Å². The molecule has 0 atom stereocenters. The molecular weight excluding hydrogens is 406 g/mol. The molecule has 1 saturated heterocycles. The number of hydrogen-bond acceptors (Lipinski definition) is 4. The molecule has 0 aliphatic carbocycles. The predicted molar refractivity (Wildman–Crippen MR) is 115 cm³/mol. The van der Waals surface area contributed by atoms with Crippen molar-refractivity contribution in [3.63, 3.8) is 0 Å². The van der Waals surface area contributed by atoms with E-state index in [-0.39, 0.29) is 11.8 Å². The zero-order valence-corrected chi connectivity index (χ0v) is 17.3. The summed E-state index contributed by atoms with van der Waals surface area (Å²) in [6, 6.07) is 15.1. The fourth-order valence-electron chi connectivity index (χ4n) is 3.37. The van der Waals surface area contributed by atoms with Crippen LogP contribution in [0.2, 0.25) is 5.02 Å². The first-order valence-electron chi connectivity index (χ1n) is 9.44. The molecule has 0 spiro atoms. The Morgan fingerprint density at radius 1 is 1.17 bits per heavy atom. The van der Waals surface area contributed by atoms with Crippen LogP contribution in [-0.2, 0) is 17.8 Å². The Hall–Kier alpha value is -2.70. The summed E-state index contributed by atoms with van der Waals surface area (Å²) in [7, 11) is 0. The quantitative estimate of drug-likeness (QED) is 0.619. The SMILES string of the molecule is O=C(Nc1ncc(Cc2cccc(Cl)c2)s1)c1cccc(CN2CCCC2=O)c1. The molecule has 148 valence electrons. The first kappa shape index (κ1) is 19.6. The highest BCUT2D eigenvalue weighted by atomic mass is 35.5. The molecule has 0 unspecified atom stereocenters. The third-order valence-electron chi connectivity index (χ3n) is 4.78. The van der Waals surface area contributed by atoms with Crippen molar-refractivity contribution in [3.8, 4) is 0 Å². The van der Waals surface area contributed by atoms with E-state index in [1.165, 1.54) is 11.3 Å². The molecule has 5 nitrogen and oxygen atoms in total. The lowest BCUT2D eigenvalue weighted by molar-refractivity contribution is -0.128. The largest absolute Gasteiger partial charge is 0.338 e. The van der Waals surface area contributed by atoms with Gasteiger partial charge >= 0.3 is 0 Å². The fraction of sp³-hybridized carbons (Fsp3) is 0.227. The maximum Gasteiger partial charge on any atom is 0.257 e. The van der Waals surface area contributed by atoms with Gasteiger partial charge in [0.1, 0.15) is 0 Å². The molecule has 1 fully saturated rings. The molecule has 2 heterocycles. The van der Waals surface area contributed by atoms with E-state index in [0.29, 0.717) is 35.1 Å². The van der Waals surface area contributed by atoms with Gasteiger partial charge in [0.25, 0.3) is 5.91 Å². The van der Waals surface area contributed by atoms with Crippen LogP contribution < -0.4 is 5.32 Å². The Bertz CT molecular complexity index is 1050. The van der Waals surface area contributed by atoms with Crippen molar-refractivity contribution < 1.29 is 9.59 Å². The molecular formula is C22H20ClN3O2S. The number of rotatable bonds is 6. The summed E-state index contributed by atoms with van der Waals surface area (Å²) in [5, 5.41) is 4.13. The van der Waals surface area contributed by atoms with E-state index in [9.17, 15) is 9.59 Å². The van der Waals surface area contributed by atoms with Crippen molar-refractivity contribution in [2.75, 3.05) is 11.9 Å². The van der Waals surface area contributed by atoms with Gasteiger partial charge < -0.3 is 4.90 Å². The van der Waals surface area contributed by atoms with Gasteiger partial charge in [-0.25, -0.2) is 4.98 Å². The number of carbonyl (C=O) groups is 2. The number of anilines is 1. The third kappa shape index (κ3) is 5.02. The molecule has 2 aromatic carbocycles. The summed E-state index contributed by atoms with van der Waals surface area (Å²) in [5.41, 5.74) is 2.61. The van der Waals surface area contributed by atoms with Crippen molar-refractivity contribution >= 4 is 39.9 Å². The lowest BCUT2D eigenvalue weighted by Crippen LogP contribution is -2.24. The second kappa shape index (κ2) is 8.76. The predicted octanol–water partition coefficient (Wildman–Crippen LogP) is 4.76. The van der Waals surface area contributed by atoms with E-state index in [1.54, 1.807) is 12.3 Å². The topological polar surface area (TPSA) is 62.3 Å². The minimum absolute atomic E-state index is 0.176. The van der Waals surface area contributed by atoms with Gasteiger partial charge in [-0.05, 0) is 41.8 Å². The lowest BCUT2D eigenvalue weighted by atomic mass is 10.1. The number of carbonyl (C=O) groups excluding carboxylic acids is 2. The van der Waals surface area contributed by atoms with E-state index < -0.39 is 0 Å².